The number of rotatable bonds is 32. The Morgan fingerprint density at radius 1 is 0.231 bits per heavy atom. The molecule has 0 bridgehead atoms. The van der Waals surface area contributed by atoms with Gasteiger partial charge in [-0.05, 0) is 6.42 Å². The molecule has 0 amide bonds. The standard InChI is InChI=1S/C55H98O36/c1-2-3-4-5-6-7-8-9-10-11-12-13-78-51-43(76)47(90-54-42(75)37(70)46(25(18-60)85-54)88-52-39(72)34(67)29(62)22(15-57)82-52)31(64)26(86-51)19-80-50-41(74)36(69)45(24(17-59)84-50)89-55-44(77)48(91-53-40(73)35(68)30(63)23(16-58)83-53)32(65)27(87-55)20-79-49-38(71)33(66)28(61)21(14-56)81-49/h21-77H,2-20H2,1H3/t21-,22-,23-,24-,25-,26-,27-,28-,29+,30-,31-,32-,33+,34+,35+,36-,37-,38-,39-,40-,41-,42-,43-,44-,45-,46-,47+,48+,49-,50-,51-,52+,53+,54+,55+/m1/s1. The van der Waals surface area contributed by atoms with Crippen LogP contribution in [0.2, 0.25) is 0 Å². The zero-order valence-corrected chi connectivity index (χ0v) is 50.2. The number of aliphatic hydroxyl groups is 22. The summed E-state index contributed by atoms with van der Waals surface area (Å²) < 4.78 is 80.3. The van der Waals surface area contributed by atoms with E-state index < -0.39 is 261 Å². The highest BCUT2D eigenvalue weighted by molar-refractivity contribution is 5.00. The summed E-state index contributed by atoms with van der Waals surface area (Å²) in [5.41, 5.74) is 0. The Bertz CT molecular complexity index is 2040. The Hall–Kier alpha value is -1.44. The molecule has 0 aromatic carbocycles. The van der Waals surface area contributed by atoms with E-state index >= 15 is 0 Å². The fourth-order valence-electron chi connectivity index (χ4n) is 11.9. The van der Waals surface area contributed by atoms with Crippen LogP contribution in [0.4, 0.5) is 0 Å². The van der Waals surface area contributed by atoms with Gasteiger partial charge < -0.3 is 179 Å². The fourth-order valence-corrected chi connectivity index (χ4v) is 11.9. The number of hydrogen-bond donors (Lipinski definition) is 22. The van der Waals surface area contributed by atoms with Gasteiger partial charge >= 0.3 is 0 Å². The van der Waals surface area contributed by atoms with Gasteiger partial charge in [0.25, 0.3) is 0 Å². The zero-order valence-electron chi connectivity index (χ0n) is 50.2. The van der Waals surface area contributed by atoms with Crippen LogP contribution in [-0.4, -0.2) is 380 Å². The highest BCUT2D eigenvalue weighted by atomic mass is 16.8. The summed E-state index contributed by atoms with van der Waals surface area (Å²) in [5.74, 6) is 0. The van der Waals surface area contributed by atoms with Crippen molar-refractivity contribution in [2.45, 2.75) is 292 Å². The van der Waals surface area contributed by atoms with Crippen molar-refractivity contribution in [3.05, 3.63) is 0 Å². The molecule has 22 N–H and O–H groups in total. The Morgan fingerprint density at radius 2 is 0.495 bits per heavy atom. The van der Waals surface area contributed by atoms with Crippen LogP contribution in [0.1, 0.15) is 77.6 Å². The molecule has 7 aliphatic heterocycles. The van der Waals surface area contributed by atoms with E-state index in [1.165, 1.54) is 19.3 Å². The van der Waals surface area contributed by atoms with Crippen molar-refractivity contribution in [3.8, 4) is 0 Å². The molecule has 91 heavy (non-hydrogen) atoms. The normalized spacial score (nSPS) is 47.6. The van der Waals surface area contributed by atoms with E-state index in [0.717, 1.165) is 44.9 Å². The van der Waals surface area contributed by atoms with Crippen LogP contribution < -0.4 is 0 Å². The molecule has 0 aromatic rings. The molecule has 0 saturated carbocycles. The lowest BCUT2D eigenvalue weighted by Gasteiger charge is -2.49. The third-order valence-electron chi connectivity index (χ3n) is 17.5. The van der Waals surface area contributed by atoms with Gasteiger partial charge in [0.1, 0.15) is 171 Å². The van der Waals surface area contributed by atoms with Gasteiger partial charge in [-0.3, -0.25) is 0 Å². The largest absolute Gasteiger partial charge is 0.394 e. The Labute approximate surface area is 522 Å². The lowest BCUT2D eigenvalue weighted by molar-refractivity contribution is -0.389. The van der Waals surface area contributed by atoms with E-state index in [9.17, 15) is 112 Å². The molecule has 0 aromatic heterocycles. The predicted molar refractivity (Wildman–Crippen MR) is 292 cm³/mol. The van der Waals surface area contributed by atoms with E-state index in [4.69, 9.17) is 66.3 Å². The number of ether oxygens (including phenoxy) is 14. The lowest BCUT2D eigenvalue weighted by Crippen LogP contribution is -2.67. The molecule has 0 unspecified atom stereocenters. The van der Waals surface area contributed by atoms with Crippen molar-refractivity contribution in [2.75, 3.05) is 52.9 Å². The van der Waals surface area contributed by atoms with Crippen molar-refractivity contribution in [1.29, 1.82) is 0 Å². The van der Waals surface area contributed by atoms with Gasteiger partial charge in [0, 0.05) is 6.61 Å². The summed E-state index contributed by atoms with van der Waals surface area (Å²) in [6.45, 7) is -4.16. The minimum Gasteiger partial charge on any atom is -0.394 e. The molecule has 36 heteroatoms. The third kappa shape index (κ3) is 18.7. The van der Waals surface area contributed by atoms with Crippen LogP contribution in [0.3, 0.4) is 0 Å². The first-order valence-electron chi connectivity index (χ1n) is 31.1. The summed E-state index contributed by atoms with van der Waals surface area (Å²) in [5, 5.41) is 237. The topological polar surface area (TPSA) is 574 Å². The Kier molecular flexibility index (Phi) is 30.8. The van der Waals surface area contributed by atoms with E-state index in [2.05, 4.69) is 6.92 Å². The predicted octanol–water partition coefficient (Wildman–Crippen LogP) is -10.9. The number of unbranched alkanes of at least 4 members (excludes halogenated alkanes) is 10. The maximum atomic E-state index is 11.9. The molecule has 0 radical (unpaired) electrons. The second-order valence-electron chi connectivity index (χ2n) is 24.0. The van der Waals surface area contributed by atoms with Gasteiger partial charge in [-0.15, -0.1) is 0 Å². The molecule has 7 rings (SSSR count). The molecule has 7 fully saturated rings. The smallest absolute Gasteiger partial charge is 0.187 e. The van der Waals surface area contributed by atoms with Gasteiger partial charge in [0.15, 0.2) is 44.0 Å². The first-order chi connectivity index (χ1) is 43.5. The van der Waals surface area contributed by atoms with Crippen LogP contribution >= 0.6 is 0 Å². The summed E-state index contributed by atoms with van der Waals surface area (Å²) in [7, 11) is 0. The third-order valence-corrected chi connectivity index (χ3v) is 17.5. The molecule has 0 spiro atoms. The molecular formula is C55H98O36. The highest BCUT2D eigenvalue weighted by Gasteiger charge is 2.57. The highest BCUT2D eigenvalue weighted by Crippen LogP contribution is 2.37. The molecule has 7 heterocycles. The van der Waals surface area contributed by atoms with Gasteiger partial charge in [0.05, 0.1) is 46.2 Å². The SMILES string of the molecule is CCCCCCCCCCCCCO[C@@H]1O[C@H](CO[C@@H]2O[C@H](CO)[C@@H](O[C@@H]3O[C@H](CO[C@@H]4O[C@H](CO)[C@@H](O)[C@H](O)[C@H]4O)[C@@H](O)[C@H](O[C@@H]4O[C@H](CO)[C@@H](O)[C@H](O)[C@H]4O)[C@H]3O)[C@H](O)[C@H]2O)[C@@H](O)[C@H](O[C@@H]2O[C@H](CO)[C@@H](O[C@@H]3O[C@H](CO)[C@H](O)[C@H](O)[C@H]3O)[C@H](O)[C@H]2O)[C@H]1O. The van der Waals surface area contributed by atoms with Crippen LogP contribution in [0.5, 0.6) is 0 Å². The summed E-state index contributed by atoms with van der Waals surface area (Å²) in [4.78, 5) is 0. The molecule has 0 aliphatic carbocycles. The van der Waals surface area contributed by atoms with Crippen LogP contribution in [-0.2, 0) is 66.3 Å². The van der Waals surface area contributed by atoms with Crippen molar-refractivity contribution in [3.63, 3.8) is 0 Å². The van der Waals surface area contributed by atoms with E-state index in [0.29, 0.717) is 6.42 Å². The summed E-state index contributed by atoms with van der Waals surface area (Å²) in [6.07, 6.45) is -55.2. The van der Waals surface area contributed by atoms with Gasteiger partial charge in [0.2, 0.25) is 0 Å². The van der Waals surface area contributed by atoms with Crippen LogP contribution in [0.15, 0.2) is 0 Å². The van der Waals surface area contributed by atoms with Crippen molar-refractivity contribution >= 4 is 0 Å². The van der Waals surface area contributed by atoms with Gasteiger partial charge in [-0.25, -0.2) is 0 Å². The minimum absolute atomic E-state index is 0.00118. The maximum Gasteiger partial charge on any atom is 0.187 e. The molecule has 534 valence electrons. The van der Waals surface area contributed by atoms with E-state index in [1.807, 2.05) is 0 Å². The first kappa shape index (κ1) is 76.9. The van der Waals surface area contributed by atoms with Crippen LogP contribution in [0, 0.1) is 0 Å². The summed E-state index contributed by atoms with van der Waals surface area (Å²) >= 11 is 0. The molecule has 7 saturated heterocycles. The van der Waals surface area contributed by atoms with E-state index in [1.54, 1.807) is 0 Å². The molecule has 35 atom stereocenters. The number of aliphatic hydroxyl groups excluding tert-OH is 22. The second-order valence-corrected chi connectivity index (χ2v) is 24.0. The first-order valence-corrected chi connectivity index (χ1v) is 31.1. The minimum atomic E-state index is -2.23. The van der Waals surface area contributed by atoms with E-state index in [-0.39, 0.29) is 6.61 Å². The Balaban J connectivity index is 1.04. The quantitative estimate of drug-likeness (QED) is 0.0278. The maximum absolute atomic E-state index is 11.9. The number of hydrogen-bond acceptors (Lipinski definition) is 36. The summed E-state index contributed by atoms with van der Waals surface area (Å²) in [6, 6.07) is 0. The second kappa shape index (κ2) is 36.4. The van der Waals surface area contributed by atoms with Crippen molar-refractivity contribution < 1.29 is 179 Å². The van der Waals surface area contributed by atoms with Gasteiger partial charge in [-0.1, -0.05) is 71.1 Å². The van der Waals surface area contributed by atoms with Gasteiger partial charge in [-0.2, -0.15) is 0 Å². The average molecular weight is 1340 g/mol. The molecule has 36 nitrogen and oxygen atoms in total. The Morgan fingerprint density at radius 3 is 0.890 bits per heavy atom. The lowest BCUT2D eigenvalue weighted by atomic mass is 9.95. The molecule has 7 aliphatic rings. The van der Waals surface area contributed by atoms with Crippen molar-refractivity contribution in [1.82, 2.24) is 0 Å². The van der Waals surface area contributed by atoms with Crippen LogP contribution in [0.25, 0.3) is 0 Å². The monoisotopic (exact) mass is 1330 g/mol. The average Bonchev–Trinajstić information content (AvgIpc) is 0.912. The fraction of sp³-hybridized carbons (Fsp3) is 1.00. The molecular weight excluding hydrogens is 1240 g/mol. The van der Waals surface area contributed by atoms with Crippen molar-refractivity contribution in [2.24, 2.45) is 0 Å². The zero-order chi connectivity index (χ0) is 66.5.